The number of nitrogens with one attached hydrogen (secondary N) is 1. The highest BCUT2D eigenvalue weighted by Gasteiger charge is 2.32. The Morgan fingerprint density at radius 1 is 0.967 bits per heavy atom. The predicted molar refractivity (Wildman–Crippen MR) is 123 cm³/mol. The van der Waals surface area contributed by atoms with Gasteiger partial charge in [-0.2, -0.15) is 0 Å². The molecule has 1 aliphatic heterocycles. The molecule has 0 bridgehead atoms. The molecule has 0 spiro atoms. The van der Waals surface area contributed by atoms with Gasteiger partial charge in [-0.25, -0.2) is 0 Å². The summed E-state index contributed by atoms with van der Waals surface area (Å²) in [7, 11) is 0. The van der Waals surface area contributed by atoms with Crippen LogP contribution in [0.25, 0.3) is 11.3 Å². The number of thiophene rings is 1. The maximum atomic E-state index is 13.3. The van der Waals surface area contributed by atoms with Crippen LogP contribution in [0.2, 0.25) is 0 Å². The molecule has 1 aliphatic rings. The maximum absolute atomic E-state index is 13.3. The van der Waals surface area contributed by atoms with E-state index in [0.717, 1.165) is 30.8 Å². The third-order valence-corrected chi connectivity index (χ3v) is 6.84. The van der Waals surface area contributed by atoms with Crippen molar-refractivity contribution >= 4 is 17.2 Å². The SMILES string of the molecule is O=C(CCc1ccc(-c2ccccc2)[nH]1)N1CCc2sccc2C1c1ccccc1. The van der Waals surface area contributed by atoms with Crippen molar-refractivity contribution < 1.29 is 4.79 Å². The van der Waals surface area contributed by atoms with Crippen LogP contribution in [0.4, 0.5) is 0 Å². The average molecular weight is 413 g/mol. The van der Waals surface area contributed by atoms with Crippen molar-refractivity contribution in [2.75, 3.05) is 6.54 Å². The zero-order valence-corrected chi connectivity index (χ0v) is 17.6. The van der Waals surface area contributed by atoms with Crippen molar-refractivity contribution in [2.45, 2.75) is 25.3 Å². The Morgan fingerprint density at radius 3 is 2.53 bits per heavy atom. The average Bonchev–Trinajstić information content (AvgIpc) is 3.47. The first-order valence-electron chi connectivity index (χ1n) is 10.4. The summed E-state index contributed by atoms with van der Waals surface area (Å²) in [4.78, 5) is 20.2. The molecular weight excluding hydrogens is 388 g/mol. The van der Waals surface area contributed by atoms with E-state index in [1.807, 2.05) is 24.3 Å². The summed E-state index contributed by atoms with van der Waals surface area (Å²) in [5.74, 6) is 0.219. The molecule has 150 valence electrons. The lowest BCUT2D eigenvalue weighted by Gasteiger charge is -2.36. The van der Waals surface area contributed by atoms with Gasteiger partial charge in [-0.05, 0) is 53.1 Å². The van der Waals surface area contributed by atoms with Crippen LogP contribution < -0.4 is 0 Å². The van der Waals surface area contributed by atoms with Gasteiger partial charge in [-0.15, -0.1) is 11.3 Å². The lowest BCUT2D eigenvalue weighted by Crippen LogP contribution is -2.40. The number of nitrogens with zero attached hydrogens (tertiary/aromatic N) is 1. The molecule has 2 aromatic heterocycles. The van der Waals surface area contributed by atoms with Gasteiger partial charge in [0.2, 0.25) is 5.91 Å². The number of H-pyrrole nitrogens is 1. The van der Waals surface area contributed by atoms with Gasteiger partial charge in [0, 0.05) is 29.2 Å². The van der Waals surface area contributed by atoms with Crippen LogP contribution in [-0.4, -0.2) is 22.3 Å². The van der Waals surface area contributed by atoms with Crippen molar-refractivity contribution in [3.8, 4) is 11.3 Å². The monoisotopic (exact) mass is 412 g/mol. The molecule has 0 aliphatic carbocycles. The Morgan fingerprint density at radius 2 is 1.73 bits per heavy atom. The van der Waals surface area contributed by atoms with E-state index in [2.05, 4.69) is 69.9 Å². The summed E-state index contributed by atoms with van der Waals surface area (Å²) in [6, 6.07) is 27.1. The standard InChI is InChI=1S/C26H24N2OS/c29-25(14-12-21-11-13-23(27-21)19-7-3-1-4-8-19)28-17-15-24-22(16-18-30-24)26(28)20-9-5-2-6-10-20/h1-11,13,16,18,26-27H,12,14-15,17H2. The quantitative estimate of drug-likeness (QED) is 0.438. The fourth-order valence-electron chi connectivity index (χ4n) is 4.34. The van der Waals surface area contributed by atoms with Gasteiger partial charge in [-0.1, -0.05) is 60.7 Å². The molecule has 1 unspecified atom stereocenters. The Kier molecular flexibility index (Phi) is 5.24. The van der Waals surface area contributed by atoms with Crippen molar-refractivity contribution in [3.63, 3.8) is 0 Å². The Balaban J connectivity index is 1.33. The Bertz CT molecular complexity index is 1130. The number of rotatable bonds is 5. The number of amides is 1. The van der Waals surface area contributed by atoms with E-state index in [0.29, 0.717) is 6.42 Å². The lowest BCUT2D eigenvalue weighted by molar-refractivity contribution is -0.133. The van der Waals surface area contributed by atoms with Gasteiger partial charge in [0.15, 0.2) is 0 Å². The largest absolute Gasteiger partial charge is 0.358 e. The first kappa shape index (κ1) is 18.9. The van der Waals surface area contributed by atoms with E-state index in [-0.39, 0.29) is 11.9 Å². The minimum absolute atomic E-state index is 0.0252. The second-order valence-electron chi connectivity index (χ2n) is 7.71. The topological polar surface area (TPSA) is 36.1 Å². The van der Waals surface area contributed by atoms with Crippen LogP contribution in [0.3, 0.4) is 0 Å². The molecule has 1 amide bonds. The molecule has 1 N–H and O–H groups in total. The predicted octanol–water partition coefficient (Wildman–Crippen LogP) is 5.85. The van der Waals surface area contributed by atoms with Gasteiger partial charge in [0.05, 0.1) is 6.04 Å². The molecule has 0 fully saturated rings. The molecule has 0 saturated heterocycles. The number of aromatic nitrogens is 1. The summed E-state index contributed by atoms with van der Waals surface area (Å²) in [5.41, 5.74) is 5.85. The summed E-state index contributed by atoms with van der Waals surface area (Å²) in [6.45, 7) is 0.784. The summed E-state index contributed by atoms with van der Waals surface area (Å²) < 4.78 is 0. The smallest absolute Gasteiger partial charge is 0.223 e. The first-order valence-corrected chi connectivity index (χ1v) is 11.3. The minimum Gasteiger partial charge on any atom is -0.358 e. The number of hydrogen-bond donors (Lipinski definition) is 1. The molecule has 30 heavy (non-hydrogen) atoms. The van der Waals surface area contributed by atoms with Crippen LogP contribution in [0, 0.1) is 0 Å². The van der Waals surface area contributed by atoms with Crippen molar-refractivity contribution in [1.82, 2.24) is 9.88 Å². The third-order valence-electron chi connectivity index (χ3n) is 5.84. The van der Waals surface area contributed by atoms with Crippen LogP contribution in [0.5, 0.6) is 0 Å². The van der Waals surface area contributed by atoms with Gasteiger partial charge >= 0.3 is 0 Å². The summed E-state index contributed by atoms with van der Waals surface area (Å²) in [5, 5.41) is 2.15. The molecule has 4 aromatic rings. The molecule has 3 nitrogen and oxygen atoms in total. The van der Waals surface area contributed by atoms with Crippen LogP contribution >= 0.6 is 11.3 Å². The minimum atomic E-state index is 0.0252. The molecule has 5 rings (SSSR count). The van der Waals surface area contributed by atoms with Gasteiger partial charge in [0.25, 0.3) is 0 Å². The van der Waals surface area contributed by atoms with Crippen molar-refractivity contribution in [1.29, 1.82) is 0 Å². The summed E-state index contributed by atoms with van der Waals surface area (Å²) in [6.07, 6.45) is 2.18. The van der Waals surface area contributed by atoms with Crippen molar-refractivity contribution in [3.05, 3.63) is 106 Å². The van der Waals surface area contributed by atoms with E-state index in [4.69, 9.17) is 0 Å². The van der Waals surface area contributed by atoms with E-state index in [9.17, 15) is 4.79 Å². The zero-order valence-electron chi connectivity index (χ0n) is 16.8. The van der Waals surface area contributed by atoms with Crippen LogP contribution in [-0.2, 0) is 17.6 Å². The Hall–Kier alpha value is -3.11. The second kappa shape index (κ2) is 8.33. The van der Waals surface area contributed by atoms with Gasteiger partial charge in [0.1, 0.15) is 0 Å². The van der Waals surface area contributed by atoms with Gasteiger partial charge in [-0.3, -0.25) is 4.79 Å². The van der Waals surface area contributed by atoms with E-state index >= 15 is 0 Å². The Labute approximate surface area is 181 Å². The normalized spacial score (nSPS) is 15.7. The molecule has 0 saturated carbocycles. The highest BCUT2D eigenvalue weighted by molar-refractivity contribution is 7.10. The third kappa shape index (κ3) is 3.71. The number of hydrogen-bond acceptors (Lipinski definition) is 2. The molecular formula is C26H24N2OS. The number of aryl methyl sites for hydroxylation is 1. The fraction of sp³-hybridized carbons (Fsp3) is 0.192. The number of carbonyl (C=O) groups excluding carboxylic acids is 1. The van der Waals surface area contributed by atoms with E-state index in [1.165, 1.54) is 21.6 Å². The zero-order chi connectivity index (χ0) is 20.3. The highest BCUT2D eigenvalue weighted by atomic mass is 32.1. The molecule has 4 heteroatoms. The lowest BCUT2D eigenvalue weighted by atomic mass is 9.93. The molecule has 3 heterocycles. The number of aromatic amines is 1. The van der Waals surface area contributed by atoms with E-state index < -0.39 is 0 Å². The van der Waals surface area contributed by atoms with Crippen LogP contribution in [0.15, 0.2) is 84.2 Å². The molecule has 0 radical (unpaired) electrons. The summed E-state index contributed by atoms with van der Waals surface area (Å²) >= 11 is 1.81. The molecule has 2 aromatic carbocycles. The second-order valence-corrected chi connectivity index (χ2v) is 8.71. The van der Waals surface area contributed by atoms with E-state index in [1.54, 1.807) is 11.3 Å². The maximum Gasteiger partial charge on any atom is 0.223 e. The number of fused-ring (bicyclic) bond motifs is 1. The van der Waals surface area contributed by atoms with Crippen molar-refractivity contribution in [2.24, 2.45) is 0 Å². The highest BCUT2D eigenvalue weighted by Crippen LogP contribution is 2.38. The number of carbonyl (C=O) groups is 1. The van der Waals surface area contributed by atoms with Crippen LogP contribution in [0.1, 0.15) is 34.2 Å². The first-order chi connectivity index (χ1) is 14.8. The number of benzene rings is 2. The van der Waals surface area contributed by atoms with Gasteiger partial charge < -0.3 is 9.88 Å². The molecule has 1 atom stereocenters. The fourth-order valence-corrected chi connectivity index (χ4v) is 5.24.